The zero-order valence-electron chi connectivity index (χ0n) is 16.7. The Morgan fingerprint density at radius 1 is 1.11 bits per heavy atom. The summed E-state index contributed by atoms with van der Waals surface area (Å²) >= 11 is 0. The smallest absolute Gasteiger partial charge is 0.225 e. The quantitative estimate of drug-likeness (QED) is 0.852. The number of hydrogen-bond donors (Lipinski definition) is 2. The van der Waals surface area contributed by atoms with Crippen LogP contribution in [0, 0.1) is 18.3 Å². The molecule has 1 aromatic heterocycles. The minimum absolute atomic E-state index is 0.0115. The number of amides is 2. The van der Waals surface area contributed by atoms with E-state index in [1.54, 1.807) is 0 Å². The van der Waals surface area contributed by atoms with Gasteiger partial charge in [0.25, 0.3) is 0 Å². The molecule has 2 N–H and O–H groups in total. The summed E-state index contributed by atoms with van der Waals surface area (Å²) in [5.74, 6) is 0.986. The van der Waals surface area contributed by atoms with Crippen molar-refractivity contribution >= 4 is 22.8 Å². The number of carbonyl (C=O) groups excluding carboxylic acids is 2. The summed E-state index contributed by atoms with van der Waals surface area (Å²) in [6.07, 6.45) is 3.31. The van der Waals surface area contributed by atoms with Gasteiger partial charge in [-0.15, -0.1) is 0 Å². The maximum absolute atomic E-state index is 12.5. The molecule has 5 nitrogen and oxygen atoms in total. The van der Waals surface area contributed by atoms with Crippen molar-refractivity contribution in [2.24, 2.45) is 11.3 Å². The van der Waals surface area contributed by atoms with Gasteiger partial charge < -0.3 is 15.1 Å². The molecule has 2 aromatic rings. The Kier molecular flexibility index (Phi) is 5.59. The van der Waals surface area contributed by atoms with Crippen LogP contribution in [-0.2, 0) is 16.1 Å². The van der Waals surface area contributed by atoms with Crippen molar-refractivity contribution in [3.63, 3.8) is 0 Å². The highest BCUT2D eigenvalue weighted by Crippen LogP contribution is 2.27. The van der Waals surface area contributed by atoms with Gasteiger partial charge in [-0.25, -0.2) is 0 Å². The number of rotatable bonds is 4. The molecule has 0 aliphatic heterocycles. The van der Waals surface area contributed by atoms with Crippen molar-refractivity contribution in [3.05, 3.63) is 35.6 Å². The second-order valence-corrected chi connectivity index (χ2v) is 8.64. The molecule has 0 radical (unpaired) electrons. The van der Waals surface area contributed by atoms with Crippen molar-refractivity contribution in [3.8, 4) is 0 Å². The zero-order valence-corrected chi connectivity index (χ0v) is 16.7. The Hall–Kier alpha value is -2.30. The van der Waals surface area contributed by atoms with Crippen LogP contribution in [0.5, 0.6) is 0 Å². The Morgan fingerprint density at radius 2 is 1.78 bits per heavy atom. The van der Waals surface area contributed by atoms with E-state index >= 15 is 0 Å². The lowest BCUT2D eigenvalue weighted by atomic mass is 9.84. The standard InChI is InChI=1S/C22H30N2O3/c1-14-17-7-5-6-8-18(17)27-19(14)13-23-20(25)15-9-11-16(12-10-15)24-21(26)22(2,3)4/h5-8,15-16H,9-13H2,1-4H3,(H,23,25)(H,24,26). The van der Waals surface area contributed by atoms with Crippen molar-refractivity contribution in [1.82, 2.24) is 10.6 Å². The lowest BCUT2D eigenvalue weighted by Crippen LogP contribution is -2.44. The SMILES string of the molecule is Cc1c(CNC(=O)C2CCC(NC(=O)C(C)(C)C)CC2)oc2ccccc12. The van der Waals surface area contributed by atoms with Crippen LogP contribution >= 0.6 is 0 Å². The molecule has 0 spiro atoms. The van der Waals surface area contributed by atoms with Crippen molar-refractivity contribution < 1.29 is 14.0 Å². The van der Waals surface area contributed by atoms with Gasteiger partial charge in [0.15, 0.2) is 0 Å². The summed E-state index contributed by atoms with van der Waals surface area (Å²) in [6.45, 7) is 8.20. The summed E-state index contributed by atoms with van der Waals surface area (Å²) in [7, 11) is 0. The number of nitrogens with one attached hydrogen (secondary N) is 2. The predicted octanol–water partition coefficient (Wildman–Crippen LogP) is 4.08. The van der Waals surface area contributed by atoms with Crippen LogP contribution in [-0.4, -0.2) is 17.9 Å². The fraction of sp³-hybridized carbons (Fsp3) is 0.545. The summed E-state index contributed by atoms with van der Waals surface area (Å²) in [6, 6.07) is 8.10. The Morgan fingerprint density at radius 3 is 2.41 bits per heavy atom. The number of para-hydroxylation sites is 1. The zero-order chi connectivity index (χ0) is 19.6. The second-order valence-electron chi connectivity index (χ2n) is 8.64. The molecule has 0 bridgehead atoms. The maximum Gasteiger partial charge on any atom is 0.225 e. The van der Waals surface area contributed by atoms with E-state index in [0.717, 1.165) is 48.0 Å². The third-order valence-corrected chi connectivity index (χ3v) is 5.48. The highest BCUT2D eigenvalue weighted by atomic mass is 16.3. The van der Waals surface area contributed by atoms with E-state index in [1.807, 2.05) is 52.0 Å². The van der Waals surface area contributed by atoms with Crippen LogP contribution < -0.4 is 10.6 Å². The molecular weight excluding hydrogens is 340 g/mol. The molecule has 3 rings (SSSR count). The van der Waals surface area contributed by atoms with Gasteiger partial charge in [-0.1, -0.05) is 39.0 Å². The summed E-state index contributed by atoms with van der Waals surface area (Å²) in [5.41, 5.74) is 1.56. The van der Waals surface area contributed by atoms with Gasteiger partial charge in [0.05, 0.1) is 6.54 Å². The van der Waals surface area contributed by atoms with Gasteiger partial charge in [0.1, 0.15) is 11.3 Å². The summed E-state index contributed by atoms with van der Waals surface area (Å²) in [4.78, 5) is 24.7. The Labute approximate surface area is 160 Å². The third kappa shape index (κ3) is 4.52. The highest BCUT2D eigenvalue weighted by Gasteiger charge is 2.29. The summed E-state index contributed by atoms with van der Waals surface area (Å²) in [5, 5.41) is 7.24. The van der Waals surface area contributed by atoms with Crippen LogP contribution in [0.25, 0.3) is 11.0 Å². The topological polar surface area (TPSA) is 71.3 Å². The Bertz CT molecular complexity index is 824. The molecule has 5 heteroatoms. The Balaban J connectivity index is 1.49. The van der Waals surface area contributed by atoms with Gasteiger partial charge >= 0.3 is 0 Å². The number of fused-ring (bicyclic) bond motifs is 1. The fourth-order valence-electron chi connectivity index (χ4n) is 3.61. The number of furan rings is 1. The van der Waals surface area contributed by atoms with Crippen LogP contribution in [0.15, 0.2) is 28.7 Å². The average molecular weight is 370 g/mol. The van der Waals surface area contributed by atoms with Crippen LogP contribution in [0.2, 0.25) is 0 Å². The number of aryl methyl sites for hydroxylation is 1. The molecule has 1 fully saturated rings. The molecule has 27 heavy (non-hydrogen) atoms. The molecule has 1 aromatic carbocycles. The lowest BCUT2D eigenvalue weighted by Gasteiger charge is -2.30. The van der Waals surface area contributed by atoms with Gasteiger partial charge in [-0.05, 0) is 38.7 Å². The van der Waals surface area contributed by atoms with E-state index in [9.17, 15) is 9.59 Å². The first kappa shape index (κ1) is 19.5. The molecule has 0 unspecified atom stereocenters. The molecule has 2 amide bonds. The minimum Gasteiger partial charge on any atom is -0.459 e. The average Bonchev–Trinajstić information content (AvgIpc) is 2.96. The third-order valence-electron chi connectivity index (χ3n) is 5.48. The number of hydrogen-bond acceptors (Lipinski definition) is 3. The van der Waals surface area contributed by atoms with E-state index in [0.29, 0.717) is 6.54 Å². The molecule has 1 aliphatic carbocycles. The number of benzene rings is 1. The van der Waals surface area contributed by atoms with Gasteiger partial charge in [0, 0.05) is 28.3 Å². The van der Waals surface area contributed by atoms with E-state index in [-0.39, 0.29) is 29.2 Å². The first-order chi connectivity index (χ1) is 12.8. The molecule has 0 saturated heterocycles. The molecule has 1 heterocycles. The molecular formula is C22H30N2O3. The van der Waals surface area contributed by atoms with Gasteiger partial charge in [-0.2, -0.15) is 0 Å². The fourth-order valence-corrected chi connectivity index (χ4v) is 3.61. The van der Waals surface area contributed by atoms with E-state index in [1.165, 1.54) is 0 Å². The normalized spacial score (nSPS) is 20.4. The lowest BCUT2D eigenvalue weighted by molar-refractivity contribution is -0.129. The predicted molar refractivity (Wildman–Crippen MR) is 106 cm³/mol. The van der Waals surface area contributed by atoms with Crippen LogP contribution in [0.4, 0.5) is 0 Å². The molecule has 0 atom stereocenters. The largest absolute Gasteiger partial charge is 0.459 e. The number of carbonyl (C=O) groups is 2. The van der Waals surface area contributed by atoms with E-state index < -0.39 is 0 Å². The van der Waals surface area contributed by atoms with Crippen LogP contribution in [0.1, 0.15) is 57.8 Å². The van der Waals surface area contributed by atoms with Crippen molar-refractivity contribution in [2.75, 3.05) is 0 Å². The first-order valence-electron chi connectivity index (χ1n) is 9.81. The molecule has 1 saturated carbocycles. The first-order valence-corrected chi connectivity index (χ1v) is 9.81. The van der Waals surface area contributed by atoms with Crippen molar-refractivity contribution in [1.29, 1.82) is 0 Å². The minimum atomic E-state index is -0.376. The van der Waals surface area contributed by atoms with E-state index in [4.69, 9.17) is 4.42 Å². The molecule has 1 aliphatic rings. The molecule has 146 valence electrons. The summed E-state index contributed by atoms with van der Waals surface area (Å²) < 4.78 is 5.87. The van der Waals surface area contributed by atoms with Gasteiger partial charge in [0.2, 0.25) is 11.8 Å². The second kappa shape index (κ2) is 7.75. The van der Waals surface area contributed by atoms with Crippen molar-refractivity contribution in [2.45, 2.75) is 66.0 Å². The van der Waals surface area contributed by atoms with Gasteiger partial charge in [-0.3, -0.25) is 9.59 Å². The monoisotopic (exact) mass is 370 g/mol. The van der Waals surface area contributed by atoms with E-state index in [2.05, 4.69) is 10.6 Å². The maximum atomic E-state index is 12.5. The highest BCUT2D eigenvalue weighted by molar-refractivity contribution is 5.83. The van der Waals surface area contributed by atoms with Crippen LogP contribution in [0.3, 0.4) is 0 Å².